The predicted molar refractivity (Wildman–Crippen MR) is 171 cm³/mol. The van der Waals surface area contributed by atoms with E-state index in [0.717, 1.165) is 16.9 Å². The third kappa shape index (κ3) is 9.17. The molecule has 1 aliphatic heterocycles. The number of thiophene rings is 1. The van der Waals surface area contributed by atoms with E-state index in [1.807, 2.05) is 78.1 Å². The lowest BCUT2D eigenvalue weighted by Crippen LogP contribution is -2.39. The number of amides is 2. The number of hydrogen-bond donors (Lipinski definition) is 3. The number of anilines is 2. The lowest BCUT2D eigenvalue weighted by atomic mass is 9.88. The highest BCUT2D eigenvalue weighted by atomic mass is 32.1. The average molecular weight is 572 g/mol. The molecule has 2 heterocycles. The summed E-state index contributed by atoms with van der Waals surface area (Å²) in [5, 5.41) is 17.9. The Bertz CT molecular complexity index is 1380. The molecule has 0 bridgehead atoms. The molecule has 4 aromatic rings. The summed E-state index contributed by atoms with van der Waals surface area (Å²) in [7, 11) is 0. The van der Waals surface area contributed by atoms with E-state index < -0.39 is 5.97 Å². The van der Waals surface area contributed by atoms with Crippen LogP contribution in [0.25, 0.3) is 10.1 Å². The zero-order valence-electron chi connectivity index (χ0n) is 24.0. The summed E-state index contributed by atoms with van der Waals surface area (Å²) in [6.45, 7) is 7.00. The van der Waals surface area contributed by atoms with Crippen LogP contribution in [0, 0.1) is 0 Å². The van der Waals surface area contributed by atoms with Gasteiger partial charge < -0.3 is 20.6 Å². The summed E-state index contributed by atoms with van der Waals surface area (Å²) < 4.78 is 1.29. The fraction of sp³-hybridized carbons (Fsp3) is 0.353. The molecule has 7 heteroatoms. The molecule has 6 nitrogen and oxygen atoms in total. The first kappa shape index (κ1) is 30.3. The predicted octanol–water partition coefficient (Wildman–Crippen LogP) is 8.62. The highest BCUT2D eigenvalue weighted by Crippen LogP contribution is 2.38. The van der Waals surface area contributed by atoms with Crippen molar-refractivity contribution in [1.29, 1.82) is 0 Å². The molecule has 3 N–H and O–H groups in total. The summed E-state index contributed by atoms with van der Waals surface area (Å²) in [6, 6.07) is 25.9. The Hall–Kier alpha value is -3.68. The van der Waals surface area contributed by atoms with Crippen molar-refractivity contribution < 1.29 is 14.7 Å². The molecule has 2 amide bonds. The second kappa shape index (κ2) is 15.4. The summed E-state index contributed by atoms with van der Waals surface area (Å²) in [6.07, 6.45) is 5.80. The van der Waals surface area contributed by atoms with Crippen molar-refractivity contribution in [2.24, 2.45) is 0 Å². The fourth-order valence-electron chi connectivity index (χ4n) is 5.41. The number of fused-ring (bicyclic) bond motifs is 1. The number of carbonyl (C=O) groups excluding carboxylic acids is 1. The number of urea groups is 1. The standard InChI is InChI=1S/C25H31N3OS.C9H10O2/c1-3-7-18(2)28-14-12-19(13-15-28)23-17-30-24-11-10-21(16-22(23)24)27-25(29)26-20-8-5-4-6-9-20;10-9(11)7-6-8-4-2-1-3-5-8/h4-6,8-11,16-19H,3,7,12-15H2,1-2H3,(H2,26,27,29);1-5H,6-7H2,(H,10,11). The van der Waals surface area contributed by atoms with Crippen molar-refractivity contribution in [1.82, 2.24) is 4.90 Å². The Morgan fingerprint density at radius 1 is 0.951 bits per heavy atom. The van der Waals surface area contributed by atoms with Crippen molar-refractivity contribution in [2.45, 2.75) is 64.3 Å². The number of nitrogens with zero attached hydrogens (tertiary/aromatic N) is 1. The molecule has 1 aromatic heterocycles. The molecule has 5 rings (SSSR count). The minimum atomic E-state index is -0.742. The quantitative estimate of drug-likeness (QED) is 0.188. The summed E-state index contributed by atoms with van der Waals surface area (Å²) in [5.41, 5.74) is 4.15. The monoisotopic (exact) mass is 571 g/mol. The molecule has 1 saturated heterocycles. The van der Waals surface area contributed by atoms with Crippen LogP contribution in [-0.4, -0.2) is 41.1 Å². The number of benzene rings is 3. The lowest BCUT2D eigenvalue weighted by Gasteiger charge is -2.36. The van der Waals surface area contributed by atoms with Crippen molar-refractivity contribution >= 4 is 44.8 Å². The van der Waals surface area contributed by atoms with Crippen LogP contribution in [0.4, 0.5) is 16.2 Å². The molecule has 0 aliphatic carbocycles. The van der Waals surface area contributed by atoms with Crippen LogP contribution in [0.15, 0.2) is 84.2 Å². The van der Waals surface area contributed by atoms with E-state index >= 15 is 0 Å². The van der Waals surface area contributed by atoms with E-state index in [0.29, 0.717) is 18.4 Å². The highest BCUT2D eigenvalue weighted by molar-refractivity contribution is 7.17. The SMILES string of the molecule is CCCC(C)N1CCC(c2csc3ccc(NC(=O)Nc4ccccc4)cc23)CC1.O=C(O)CCc1ccccc1. The van der Waals surface area contributed by atoms with Crippen molar-refractivity contribution in [2.75, 3.05) is 23.7 Å². The van der Waals surface area contributed by atoms with Gasteiger partial charge in [0.2, 0.25) is 0 Å². The number of carboxylic acids is 1. The van der Waals surface area contributed by atoms with Crippen molar-refractivity contribution in [3.63, 3.8) is 0 Å². The second-order valence-electron chi connectivity index (χ2n) is 10.7. The molecule has 0 radical (unpaired) electrons. The van der Waals surface area contributed by atoms with Crippen LogP contribution in [-0.2, 0) is 11.2 Å². The van der Waals surface area contributed by atoms with Gasteiger partial charge in [0.05, 0.1) is 0 Å². The largest absolute Gasteiger partial charge is 0.481 e. The van der Waals surface area contributed by atoms with Crippen LogP contribution < -0.4 is 10.6 Å². The van der Waals surface area contributed by atoms with E-state index in [2.05, 4.69) is 46.9 Å². The smallest absolute Gasteiger partial charge is 0.323 e. The molecule has 1 fully saturated rings. The van der Waals surface area contributed by atoms with E-state index in [-0.39, 0.29) is 12.5 Å². The number of nitrogens with one attached hydrogen (secondary N) is 2. The number of hydrogen-bond acceptors (Lipinski definition) is 4. The van der Waals surface area contributed by atoms with Crippen LogP contribution in [0.1, 0.15) is 63.0 Å². The molecular formula is C34H41N3O3S. The Balaban J connectivity index is 0.000000296. The van der Waals surface area contributed by atoms with Gasteiger partial charge in [0.25, 0.3) is 0 Å². The third-order valence-electron chi connectivity index (χ3n) is 7.66. The van der Waals surface area contributed by atoms with Crippen LogP contribution in [0.3, 0.4) is 0 Å². The van der Waals surface area contributed by atoms with Crippen LogP contribution in [0.2, 0.25) is 0 Å². The maximum Gasteiger partial charge on any atom is 0.323 e. The number of aliphatic carboxylic acids is 1. The zero-order valence-corrected chi connectivity index (χ0v) is 24.8. The van der Waals surface area contributed by atoms with Gasteiger partial charge in [-0.25, -0.2) is 4.79 Å². The lowest BCUT2D eigenvalue weighted by molar-refractivity contribution is -0.136. The number of rotatable bonds is 9. The van der Waals surface area contributed by atoms with Gasteiger partial charge in [0.15, 0.2) is 0 Å². The highest BCUT2D eigenvalue weighted by Gasteiger charge is 2.25. The molecule has 41 heavy (non-hydrogen) atoms. The molecular weight excluding hydrogens is 530 g/mol. The van der Waals surface area contributed by atoms with Gasteiger partial charge in [0, 0.05) is 28.5 Å². The van der Waals surface area contributed by atoms with E-state index in [4.69, 9.17) is 5.11 Å². The van der Waals surface area contributed by atoms with Crippen LogP contribution >= 0.6 is 11.3 Å². The van der Waals surface area contributed by atoms with E-state index in [9.17, 15) is 9.59 Å². The Morgan fingerprint density at radius 2 is 1.61 bits per heavy atom. The van der Waals surface area contributed by atoms with Gasteiger partial charge >= 0.3 is 12.0 Å². The third-order valence-corrected chi connectivity index (χ3v) is 8.64. The Kier molecular flexibility index (Phi) is 11.3. The first-order chi connectivity index (χ1) is 19.9. The Morgan fingerprint density at radius 3 is 2.27 bits per heavy atom. The van der Waals surface area contributed by atoms with Gasteiger partial charge in [-0.2, -0.15) is 0 Å². The maximum absolute atomic E-state index is 12.4. The van der Waals surface area contributed by atoms with Gasteiger partial charge in [-0.1, -0.05) is 61.9 Å². The molecule has 0 spiro atoms. The molecule has 1 atom stereocenters. The van der Waals surface area contributed by atoms with Gasteiger partial charge in [0.1, 0.15) is 0 Å². The van der Waals surface area contributed by atoms with Gasteiger partial charge in [-0.3, -0.25) is 4.79 Å². The number of carboxylic acid groups (broad SMARTS) is 1. The number of piperidine rings is 1. The number of carbonyl (C=O) groups is 2. The first-order valence-corrected chi connectivity index (χ1v) is 15.4. The topological polar surface area (TPSA) is 81.7 Å². The van der Waals surface area contributed by atoms with Gasteiger partial charge in [-0.05, 0) is 104 Å². The maximum atomic E-state index is 12.4. The van der Waals surface area contributed by atoms with Crippen molar-refractivity contribution in [3.05, 3.63) is 95.4 Å². The second-order valence-corrected chi connectivity index (χ2v) is 11.6. The number of likely N-dealkylation sites (tertiary alicyclic amines) is 1. The Labute approximate surface area is 247 Å². The zero-order chi connectivity index (χ0) is 29.0. The molecule has 216 valence electrons. The van der Waals surface area contributed by atoms with E-state index in [1.54, 1.807) is 0 Å². The average Bonchev–Trinajstić information content (AvgIpc) is 3.41. The van der Waals surface area contributed by atoms with Gasteiger partial charge in [-0.15, -0.1) is 11.3 Å². The normalized spacial score (nSPS) is 14.6. The van der Waals surface area contributed by atoms with Crippen LogP contribution in [0.5, 0.6) is 0 Å². The molecule has 3 aromatic carbocycles. The number of aryl methyl sites for hydroxylation is 1. The molecule has 1 aliphatic rings. The summed E-state index contributed by atoms with van der Waals surface area (Å²) >= 11 is 1.81. The van der Waals surface area contributed by atoms with Crippen molar-refractivity contribution in [3.8, 4) is 0 Å². The fourth-order valence-corrected chi connectivity index (χ4v) is 6.43. The first-order valence-electron chi connectivity index (χ1n) is 14.6. The van der Waals surface area contributed by atoms with E-state index in [1.165, 1.54) is 54.4 Å². The number of para-hydroxylation sites is 1. The summed E-state index contributed by atoms with van der Waals surface area (Å²) in [5.74, 6) is -0.133. The minimum Gasteiger partial charge on any atom is -0.481 e. The minimum absolute atomic E-state index is 0.212. The summed E-state index contributed by atoms with van der Waals surface area (Å²) in [4.78, 5) is 25.2. The molecule has 1 unspecified atom stereocenters. The molecule has 0 saturated carbocycles.